The predicted octanol–water partition coefficient (Wildman–Crippen LogP) is 2.93. The molecular weight excluding hydrogens is 254 g/mol. The van der Waals surface area contributed by atoms with E-state index in [0.29, 0.717) is 30.5 Å². The smallest absolute Gasteiger partial charge is 0.219 e. The fourth-order valence-corrected chi connectivity index (χ4v) is 2.57. The van der Waals surface area contributed by atoms with Gasteiger partial charge in [0.1, 0.15) is 5.75 Å². The Bertz CT molecular complexity index is 562. The fourth-order valence-electron chi connectivity index (χ4n) is 2.57. The van der Waals surface area contributed by atoms with Crippen molar-refractivity contribution < 1.29 is 9.15 Å². The van der Waals surface area contributed by atoms with Crippen LogP contribution in [0, 0.1) is 0 Å². The molecule has 1 aliphatic rings. The standard InChI is InChI=1S/C15H19N3O2/c16-12-6-3-7-13(10-12)19-9-8-14-17-18-15(20-14)11-4-1-2-5-11/h3,6-7,10-11H,1-2,4-5,8-9,16H2. The van der Waals surface area contributed by atoms with Crippen LogP contribution in [-0.4, -0.2) is 16.8 Å². The number of nitrogens with two attached hydrogens (primary N) is 1. The van der Waals surface area contributed by atoms with Crippen LogP contribution < -0.4 is 10.5 Å². The Morgan fingerprint density at radius 3 is 2.90 bits per heavy atom. The molecule has 0 radical (unpaired) electrons. The number of benzene rings is 1. The minimum atomic E-state index is 0.464. The van der Waals surface area contributed by atoms with Gasteiger partial charge in [-0.05, 0) is 25.0 Å². The first-order valence-corrected chi connectivity index (χ1v) is 7.12. The van der Waals surface area contributed by atoms with Gasteiger partial charge in [0.25, 0.3) is 0 Å². The third-order valence-electron chi connectivity index (χ3n) is 3.63. The Morgan fingerprint density at radius 2 is 2.10 bits per heavy atom. The summed E-state index contributed by atoms with van der Waals surface area (Å²) in [6, 6.07) is 7.39. The van der Waals surface area contributed by atoms with E-state index in [1.165, 1.54) is 25.7 Å². The summed E-state index contributed by atoms with van der Waals surface area (Å²) < 4.78 is 11.3. The van der Waals surface area contributed by atoms with Gasteiger partial charge >= 0.3 is 0 Å². The molecule has 0 spiro atoms. The molecule has 3 rings (SSSR count). The minimum absolute atomic E-state index is 0.464. The molecule has 20 heavy (non-hydrogen) atoms. The largest absolute Gasteiger partial charge is 0.493 e. The SMILES string of the molecule is Nc1cccc(OCCc2nnc(C3CCCC3)o2)c1. The average Bonchev–Trinajstić information content (AvgIpc) is 3.09. The van der Waals surface area contributed by atoms with Crippen molar-refractivity contribution in [2.75, 3.05) is 12.3 Å². The monoisotopic (exact) mass is 273 g/mol. The van der Waals surface area contributed by atoms with Crippen LogP contribution in [0.1, 0.15) is 43.4 Å². The first-order valence-electron chi connectivity index (χ1n) is 7.12. The highest BCUT2D eigenvalue weighted by molar-refractivity contribution is 5.43. The van der Waals surface area contributed by atoms with Gasteiger partial charge in [-0.1, -0.05) is 18.9 Å². The van der Waals surface area contributed by atoms with Gasteiger partial charge in [-0.3, -0.25) is 0 Å². The lowest BCUT2D eigenvalue weighted by Gasteiger charge is -2.05. The molecule has 2 aromatic rings. The molecule has 1 aliphatic carbocycles. The third kappa shape index (κ3) is 3.10. The van der Waals surface area contributed by atoms with Gasteiger partial charge in [-0.15, -0.1) is 10.2 Å². The highest BCUT2D eigenvalue weighted by Crippen LogP contribution is 2.33. The molecule has 0 unspecified atom stereocenters. The molecule has 0 bridgehead atoms. The Morgan fingerprint density at radius 1 is 1.25 bits per heavy atom. The summed E-state index contributed by atoms with van der Waals surface area (Å²) >= 11 is 0. The van der Waals surface area contributed by atoms with Crippen LogP contribution in [-0.2, 0) is 6.42 Å². The Labute approximate surface area is 118 Å². The zero-order valence-electron chi connectivity index (χ0n) is 11.4. The zero-order valence-corrected chi connectivity index (χ0v) is 11.4. The number of rotatable bonds is 5. The van der Waals surface area contributed by atoms with Gasteiger partial charge in [-0.2, -0.15) is 0 Å². The van der Waals surface area contributed by atoms with E-state index in [0.717, 1.165) is 11.6 Å². The van der Waals surface area contributed by atoms with Crippen molar-refractivity contribution in [1.82, 2.24) is 10.2 Å². The lowest BCUT2D eigenvalue weighted by Crippen LogP contribution is -2.02. The van der Waals surface area contributed by atoms with Gasteiger partial charge in [0.05, 0.1) is 13.0 Å². The second-order valence-electron chi connectivity index (χ2n) is 5.19. The van der Waals surface area contributed by atoms with E-state index in [2.05, 4.69) is 10.2 Å². The molecule has 5 nitrogen and oxygen atoms in total. The van der Waals surface area contributed by atoms with Crippen LogP contribution in [0.3, 0.4) is 0 Å². The van der Waals surface area contributed by atoms with Crippen molar-refractivity contribution in [2.24, 2.45) is 0 Å². The number of nitrogen functional groups attached to an aromatic ring is 1. The summed E-state index contributed by atoms with van der Waals surface area (Å²) in [6.45, 7) is 0.510. The van der Waals surface area contributed by atoms with Gasteiger partial charge in [-0.25, -0.2) is 0 Å². The number of hydrogen-bond donors (Lipinski definition) is 1. The van der Waals surface area contributed by atoms with Crippen molar-refractivity contribution in [3.8, 4) is 5.75 Å². The molecule has 0 aliphatic heterocycles. The van der Waals surface area contributed by atoms with Crippen LogP contribution in [0.2, 0.25) is 0 Å². The summed E-state index contributed by atoms with van der Waals surface area (Å²) in [4.78, 5) is 0. The maximum Gasteiger partial charge on any atom is 0.219 e. The number of ether oxygens (including phenoxy) is 1. The molecule has 106 valence electrons. The van der Waals surface area contributed by atoms with Gasteiger partial charge in [0.15, 0.2) is 0 Å². The molecule has 1 fully saturated rings. The van der Waals surface area contributed by atoms with Gasteiger partial charge in [0, 0.05) is 17.7 Å². The fraction of sp³-hybridized carbons (Fsp3) is 0.467. The number of hydrogen-bond acceptors (Lipinski definition) is 5. The zero-order chi connectivity index (χ0) is 13.8. The van der Waals surface area contributed by atoms with E-state index < -0.39 is 0 Å². The maximum atomic E-state index is 5.70. The van der Waals surface area contributed by atoms with Crippen molar-refractivity contribution in [2.45, 2.75) is 38.0 Å². The molecule has 1 aromatic carbocycles. The van der Waals surface area contributed by atoms with E-state index >= 15 is 0 Å². The highest BCUT2D eigenvalue weighted by atomic mass is 16.5. The van der Waals surface area contributed by atoms with Crippen molar-refractivity contribution >= 4 is 5.69 Å². The van der Waals surface area contributed by atoms with Crippen LogP contribution in [0.5, 0.6) is 5.75 Å². The van der Waals surface area contributed by atoms with Crippen LogP contribution in [0.15, 0.2) is 28.7 Å². The highest BCUT2D eigenvalue weighted by Gasteiger charge is 2.22. The molecule has 2 N–H and O–H groups in total. The topological polar surface area (TPSA) is 74.2 Å². The second-order valence-corrected chi connectivity index (χ2v) is 5.19. The quantitative estimate of drug-likeness (QED) is 0.848. The number of aromatic nitrogens is 2. The molecule has 1 aromatic heterocycles. The van der Waals surface area contributed by atoms with E-state index in [1.807, 2.05) is 18.2 Å². The Hall–Kier alpha value is -2.04. The summed E-state index contributed by atoms with van der Waals surface area (Å²) in [5.41, 5.74) is 6.39. The lowest BCUT2D eigenvalue weighted by atomic mass is 10.1. The van der Waals surface area contributed by atoms with E-state index in [-0.39, 0.29) is 0 Å². The van der Waals surface area contributed by atoms with Crippen LogP contribution in [0.4, 0.5) is 5.69 Å². The summed E-state index contributed by atoms with van der Waals surface area (Å²) in [5, 5.41) is 8.23. The molecule has 1 saturated carbocycles. The Kier molecular flexibility index (Phi) is 3.85. The summed E-state index contributed by atoms with van der Waals surface area (Å²) in [6.07, 6.45) is 5.49. The molecule has 5 heteroatoms. The van der Waals surface area contributed by atoms with Crippen LogP contribution >= 0.6 is 0 Å². The van der Waals surface area contributed by atoms with Gasteiger partial charge in [0.2, 0.25) is 11.8 Å². The van der Waals surface area contributed by atoms with Crippen molar-refractivity contribution in [1.29, 1.82) is 0 Å². The molecular formula is C15H19N3O2. The van der Waals surface area contributed by atoms with Crippen molar-refractivity contribution in [3.63, 3.8) is 0 Å². The van der Waals surface area contributed by atoms with E-state index in [4.69, 9.17) is 14.9 Å². The second kappa shape index (κ2) is 5.94. The maximum absolute atomic E-state index is 5.70. The minimum Gasteiger partial charge on any atom is -0.493 e. The number of nitrogens with zero attached hydrogens (tertiary/aromatic N) is 2. The number of anilines is 1. The molecule has 0 amide bonds. The summed E-state index contributed by atoms with van der Waals surface area (Å²) in [7, 11) is 0. The average molecular weight is 273 g/mol. The van der Waals surface area contributed by atoms with Crippen LogP contribution in [0.25, 0.3) is 0 Å². The molecule has 0 atom stereocenters. The van der Waals surface area contributed by atoms with Gasteiger partial charge < -0.3 is 14.9 Å². The first-order chi connectivity index (χ1) is 9.81. The van der Waals surface area contributed by atoms with E-state index in [9.17, 15) is 0 Å². The predicted molar refractivity (Wildman–Crippen MR) is 75.6 cm³/mol. The normalized spacial score (nSPS) is 15.6. The lowest BCUT2D eigenvalue weighted by molar-refractivity contribution is 0.302. The molecule has 1 heterocycles. The molecule has 0 saturated heterocycles. The van der Waals surface area contributed by atoms with E-state index in [1.54, 1.807) is 6.07 Å². The first kappa shape index (κ1) is 13.0. The Balaban J connectivity index is 1.51. The third-order valence-corrected chi connectivity index (χ3v) is 3.63. The summed E-state index contributed by atoms with van der Waals surface area (Å²) in [5.74, 6) is 2.67. The van der Waals surface area contributed by atoms with Crippen molar-refractivity contribution in [3.05, 3.63) is 36.0 Å².